The summed E-state index contributed by atoms with van der Waals surface area (Å²) in [5.41, 5.74) is 2.80. The average Bonchev–Trinajstić information content (AvgIpc) is 2.50. The number of hydrogen-bond acceptors (Lipinski definition) is 2. The highest BCUT2D eigenvalue weighted by molar-refractivity contribution is 5.28. The second-order valence-corrected chi connectivity index (χ2v) is 6.25. The molecule has 0 spiro atoms. The standard InChI is InChI=1S/C20H34O2/c1-5-7-13-21-17(3)15-19-11-9-10-12-20(19)16-18(4)22-14-8-6-2/h9-12,17-18H,5-8,13-16H2,1-4H3. The molecule has 1 aromatic carbocycles. The van der Waals surface area contributed by atoms with Crippen molar-refractivity contribution in [2.24, 2.45) is 0 Å². The first-order valence-corrected chi connectivity index (χ1v) is 8.97. The lowest BCUT2D eigenvalue weighted by Crippen LogP contribution is -2.17. The van der Waals surface area contributed by atoms with Crippen LogP contribution in [-0.4, -0.2) is 25.4 Å². The second-order valence-electron chi connectivity index (χ2n) is 6.25. The van der Waals surface area contributed by atoms with Crippen LogP contribution in [-0.2, 0) is 22.3 Å². The first-order chi connectivity index (χ1) is 10.7. The van der Waals surface area contributed by atoms with Crippen LogP contribution in [0.5, 0.6) is 0 Å². The minimum absolute atomic E-state index is 0.281. The lowest BCUT2D eigenvalue weighted by molar-refractivity contribution is 0.0606. The third-order valence-electron chi connectivity index (χ3n) is 3.93. The smallest absolute Gasteiger partial charge is 0.0587 e. The molecule has 2 unspecified atom stereocenters. The van der Waals surface area contributed by atoms with Gasteiger partial charge < -0.3 is 9.47 Å². The molecular formula is C20H34O2. The Balaban J connectivity index is 2.50. The van der Waals surface area contributed by atoms with Crippen LogP contribution >= 0.6 is 0 Å². The van der Waals surface area contributed by atoms with Crippen molar-refractivity contribution in [3.8, 4) is 0 Å². The summed E-state index contributed by atoms with van der Waals surface area (Å²) in [6.45, 7) is 10.5. The molecule has 0 fully saturated rings. The van der Waals surface area contributed by atoms with Gasteiger partial charge >= 0.3 is 0 Å². The summed E-state index contributed by atoms with van der Waals surface area (Å²) >= 11 is 0. The molecule has 0 aromatic heterocycles. The van der Waals surface area contributed by atoms with Crippen molar-refractivity contribution < 1.29 is 9.47 Å². The van der Waals surface area contributed by atoms with Gasteiger partial charge in [0.15, 0.2) is 0 Å². The van der Waals surface area contributed by atoms with Gasteiger partial charge in [0.05, 0.1) is 12.2 Å². The Bertz CT molecular complexity index is 352. The first kappa shape index (κ1) is 19.2. The zero-order valence-corrected chi connectivity index (χ0v) is 14.9. The molecule has 0 heterocycles. The van der Waals surface area contributed by atoms with Gasteiger partial charge in [0, 0.05) is 13.2 Å². The molecular weight excluding hydrogens is 272 g/mol. The highest BCUT2D eigenvalue weighted by atomic mass is 16.5. The van der Waals surface area contributed by atoms with E-state index in [2.05, 4.69) is 52.0 Å². The largest absolute Gasteiger partial charge is 0.378 e. The molecule has 0 aliphatic rings. The molecule has 126 valence electrons. The lowest BCUT2D eigenvalue weighted by atomic mass is 9.98. The van der Waals surface area contributed by atoms with Crippen LogP contribution in [0.3, 0.4) is 0 Å². The van der Waals surface area contributed by atoms with E-state index in [4.69, 9.17) is 9.47 Å². The summed E-state index contributed by atoms with van der Waals surface area (Å²) < 4.78 is 11.8. The third-order valence-corrected chi connectivity index (χ3v) is 3.93. The maximum absolute atomic E-state index is 5.89. The van der Waals surface area contributed by atoms with Gasteiger partial charge in [-0.05, 0) is 50.7 Å². The minimum Gasteiger partial charge on any atom is -0.378 e. The van der Waals surface area contributed by atoms with Crippen molar-refractivity contribution >= 4 is 0 Å². The molecule has 0 saturated carbocycles. The van der Waals surface area contributed by atoms with Crippen LogP contribution in [0.15, 0.2) is 24.3 Å². The van der Waals surface area contributed by atoms with Gasteiger partial charge in [-0.25, -0.2) is 0 Å². The summed E-state index contributed by atoms with van der Waals surface area (Å²) in [4.78, 5) is 0. The maximum Gasteiger partial charge on any atom is 0.0587 e. The molecule has 2 atom stereocenters. The molecule has 2 nitrogen and oxygen atoms in total. The normalized spacial score (nSPS) is 14.0. The summed E-state index contributed by atoms with van der Waals surface area (Å²) in [6, 6.07) is 8.71. The van der Waals surface area contributed by atoms with Crippen molar-refractivity contribution in [3.63, 3.8) is 0 Å². The highest BCUT2D eigenvalue weighted by Gasteiger charge is 2.11. The summed E-state index contributed by atoms with van der Waals surface area (Å²) in [5.74, 6) is 0. The van der Waals surface area contributed by atoms with E-state index >= 15 is 0 Å². The van der Waals surface area contributed by atoms with Crippen molar-refractivity contribution in [3.05, 3.63) is 35.4 Å². The molecule has 0 amide bonds. The van der Waals surface area contributed by atoms with Gasteiger partial charge in [-0.15, -0.1) is 0 Å². The molecule has 0 aliphatic heterocycles. The predicted octanol–water partition coefficient (Wildman–Crippen LogP) is 5.18. The second kappa shape index (κ2) is 11.7. The Morgan fingerprint density at radius 2 is 1.18 bits per heavy atom. The van der Waals surface area contributed by atoms with Crippen LogP contribution in [0.25, 0.3) is 0 Å². The van der Waals surface area contributed by atoms with Crippen LogP contribution in [0, 0.1) is 0 Å². The quantitative estimate of drug-likeness (QED) is 0.495. The van der Waals surface area contributed by atoms with Gasteiger partial charge in [0.25, 0.3) is 0 Å². The lowest BCUT2D eigenvalue weighted by Gasteiger charge is -2.18. The van der Waals surface area contributed by atoms with Crippen LogP contribution in [0.1, 0.15) is 64.5 Å². The van der Waals surface area contributed by atoms with Crippen molar-refractivity contribution in [1.29, 1.82) is 0 Å². The molecule has 0 radical (unpaired) electrons. The predicted molar refractivity (Wildman–Crippen MR) is 94.5 cm³/mol. The Hall–Kier alpha value is -0.860. The number of hydrogen-bond donors (Lipinski definition) is 0. The van der Waals surface area contributed by atoms with Crippen LogP contribution in [0.4, 0.5) is 0 Å². The number of unbranched alkanes of at least 4 members (excludes halogenated alkanes) is 2. The van der Waals surface area contributed by atoms with E-state index in [1.165, 1.54) is 24.0 Å². The van der Waals surface area contributed by atoms with E-state index in [1.807, 2.05) is 0 Å². The van der Waals surface area contributed by atoms with E-state index < -0.39 is 0 Å². The van der Waals surface area contributed by atoms with E-state index in [0.29, 0.717) is 0 Å². The van der Waals surface area contributed by atoms with Crippen LogP contribution in [0.2, 0.25) is 0 Å². The number of benzene rings is 1. The van der Waals surface area contributed by atoms with Gasteiger partial charge in [-0.1, -0.05) is 51.0 Å². The average molecular weight is 306 g/mol. The van der Waals surface area contributed by atoms with Crippen molar-refractivity contribution in [2.45, 2.75) is 78.4 Å². The SMILES string of the molecule is CCCCOC(C)Cc1ccccc1CC(C)OCCCC. The Morgan fingerprint density at radius 1 is 0.773 bits per heavy atom. The van der Waals surface area contributed by atoms with Gasteiger partial charge in [0.2, 0.25) is 0 Å². The minimum atomic E-state index is 0.281. The molecule has 2 heteroatoms. The molecule has 0 bridgehead atoms. The fourth-order valence-electron chi connectivity index (χ4n) is 2.55. The van der Waals surface area contributed by atoms with Gasteiger partial charge in [-0.2, -0.15) is 0 Å². The molecule has 22 heavy (non-hydrogen) atoms. The monoisotopic (exact) mass is 306 g/mol. The molecule has 0 saturated heterocycles. The summed E-state index contributed by atoms with van der Waals surface area (Å²) in [7, 11) is 0. The maximum atomic E-state index is 5.89. The molecule has 0 aliphatic carbocycles. The van der Waals surface area contributed by atoms with E-state index in [0.717, 1.165) is 38.9 Å². The van der Waals surface area contributed by atoms with Crippen molar-refractivity contribution in [2.75, 3.05) is 13.2 Å². The molecule has 1 aromatic rings. The van der Waals surface area contributed by atoms with E-state index in [-0.39, 0.29) is 12.2 Å². The Labute approximate surface area is 137 Å². The zero-order valence-electron chi connectivity index (χ0n) is 14.9. The molecule has 1 rings (SSSR count). The Kier molecular flexibility index (Phi) is 10.2. The molecule has 0 N–H and O–H groups in total. The van der Waals surface area contributed by atoms with Crippen LogP contribution < -0.4 is 0 Å². The summed E-state index contributed by atoms with van der Waals surface area (Å²) in [5, 5.41) is 0. The fraction of sp³-hybridized carbons (Fsp3) is 0.700. The Morgan fingerprint density at radius 3 is 1.55 bits per heavy atom. The fourth-order valence-corrected chi connectivity index (χ4v) is 2.55. The zero-order chi connectivity index (χ0) is 16.2. The highest BCUT2D eigenvalue weighted by Crippen LogP contribution is 2.16. The number of ether oxygens (including phenoxy) is 2. The van der Waals surface area contributed by atoms with E-state index in [1.54, 1.807) is 0 Å². The topological polar surface area (TPSA) is 18.5 Å². The van der Waals surface area contributed by atoms with E-state index in [9.17, 15) is 0 Å². The van der Waals surface area contributed by atoms with Gasteiger partial charge in [-0.3, -0.25) is 0 Å². The number of rotatable bonds is 12. The first-order valence-electron chi connectivity index (χ1n) is 8.97. The summed E-state index contributed by atoms with van der Waals surface area (Å²) in [6.07, 6.45) is 7.21. The van der Waals surface area contributed by atoms with Crippen molar-refractivity contribution in [1.82, 2.24) is 0 Å². The third kappa shape index (κ3) is 7.95. The van der Waals surface area contributed by atoms with Gasteiger partial charge in [0.1, 0.15) is 0 Å².